The van der Waals surface area contributed by atoms with Gasteiger partial charge in [-0.2, -0.15) is 5.10 Å². The van der Waals surface area contributed by atoms with Crippen LogP contribution in [0.2, 0.25) is 0 Å². The van der Waals surface area contributed by atoms with Crippen LogP contribution in [-0.2, 0) is 13.6 Å². The third-order valence-electron chi connectivity index (χ3n) is 2.83. The van der Waals surface area contributed by atoms with E-state index in [-0.39, 0.29) is 0 Å². The topological polar surface area (TPSA) is 42.7 Å². The van der Waals surface area contributed by atoms with E-state index in [1.54, 1.807) is 0 Å². The molecular weight excluding hydrogens is 280 g/mol. The molecule has 0 amide bonds. The fraction of sp³-hybridized carbons (Fsp3) is 0.333. The van der Waals surface area contributed by atoms with Crippen LogP contribution in [0.3, 0.4) is 0 Å². The lowest BCUT2D eigenvalue weighted by Gasteiger charge is -2.07. The third-order valence-corrected chi connectivity index (χ3v) is 3.66. The van der Waals surface area contributed by atoms with E-state index in [0.29, 0.717) is 0 Å². The van der Waals surface area contributed by atoms with Crippen molar-refractivity contribution in [2.45, 2.75) is 20.4 Å². The Labute approximate surface area is 109 Å². The van der Waals surface area contributed by atoms with Crippen LogP contribution in [0, 0.1) is 13.8 Å². The van der Waals surface area contributed by atoms with Gasteiger partial charge in [-0.25, -0.2) is 4.98 Å². The molecule has 2 heterocycles. The van der Waals surface area contributed by atoms with Crippen molar-refractivity contribution in [1.29, 1.82) is 0 Å². The van der Waals surface area contributed by atoms with Crippen LogP contribution in [0.5, 0.6) is 0 Å². The maximum absolute atomic E-state index is 4.25. The fourth-order valence-electron chi connectivity index (χ4n) is 1.57. The molecule has 0 aromatic carbocycles. The SMILES string of the molecule is Cc1cc(NCc2cnn(C)c2C)cnc1Br. The van der Waals surface area contributed by atoms with Gasteiger partial charge in [0.05, 0.1) is 18.1 Å². The molecular formula is C12H15BrN4. The Kier molecular flexibility index (Phi) is 3.47. The number of pyridine rings is 1. The van der Waals surface area contributed by atoms with E-state index in [0.717, 1.165) is 22.4 Å². The number of hydrogen-bond donors (Lipinski definition) is 1. The molecule has 0 unspecified atom stereocenters. The lowest BCUT2D eigenvalue weighted by Crippen LogP contribution is -2.02. The van der Waals surface area contributed by atoms with E-state index in [9.17, 15) is 0 Å². The number of hydrogen-bond acceptors (Lipinski definition) is 3. The molecule has 4 nitrogen and oxygen atoms in total. The first-order valence-electron chi connectivity index (χ1n) is 5.41. The van der Waals surface area contributed by atoms with E-state index < -0.39 is 0 Å². The van der Waals surface area contributed by atoms with Crippen molar-refractivity contribution in [2.24, 2.45) is 7.05 Å². The number of nitrogens with zero attached hydrogens (tertiary/aromatic N) is 3. The number of aromatic nitrogens is 3. The highest BCUT2D eigenvalue weighted by Gasteiger charge is 2.04. The molecule has 5 heteroatoms. The van der Waals surface area contributed by atoms with Gasteiger partial charge in [0.2, 0.25) is 0 Å². The Hall–Kier alpha value is -1.36. The van der Waals surface area contributed by atoms with Crippen LogP contribution in [0.15, 0.2) is 23.1 Å². The zero-order chi connectivity index (χ0) is 12.4. The molecule has 0 aliphatic heterocycles. The van der Waals surface area contributed by atoms with E-state index in [1.807, 2.05) is 31.0 Å². The second-order valence-electron chi connectivity index (χ2n) is 4.06. The Morgan fingerprint density at radius 3 is 2.71 bits per heavy atom. The van der Waals surface area contributed by atoms with Gasteiger partial charge < -0.3 is 5.32 Å². The van der Waals surface area contributed by atoms with Gasteiger partial charge in [-0.15, -0.1) is 0 Å². The summed E-state index contributed by atoms with van der Waals surface area (Å²) in [6, 6.07) is 2.07. The summed E-state index contributed by atoms with van der Waals surface area (Å²) >= 11 is 3.39. The Bertz CT molecular complexity index is 533. The largest absolute Gasteiger partial charge is 0.380 e. The molecule has 0 fully saturated rings. The molecule has 2 aromatic heterocycles. The lowest BCUT2D eigenvalue weighted by molar-refractivity contribution is 0.738. The molecule has 90 valence electrons. The summed E-state index contributed by atoms with van der Waals surface area (Å²) in [5.41, 5.74) is 4.53. The van der Waals surface area contributed by atoms with Crippen molar-refractivity contribution < 1.29 is 0 Å². The van der Waals surface area contributed by atoms with E-state index >= 15 is 0 Å². The van der Waals surface area contributed by atoms with Gasteiger partial charge in [-0.1, -0.05) is 0 Å². The van der Waals surface area contributed by atoms with Crippen LogP contribution in [0.25, 0.3) is 0 Å². The molecule has 0 spiro atoms. The third kappa shape index (κ3) is 2.66. The van der Waals surface area contributed by atoms with Crippen LogP contribution in [0.4, 0.5) is 5.69 Å². The fourth-order valence-corrected chi connectivity index (χ4v) is 1.79. The van der Waals surface area contributed by atoms with Crippen LogP contribution < -0.4 is 5.32 Å². The van der Waals surface area contributed by atoms with Crippen molar-refractivity contribution in [3.63, 3.8) is 0 Å². The summed E-state index contributed by atoms with van der Waals surface area (Å²) in [5.74, 6) is 0. The quantitative estimate of drug-likeness (QED) is 0.885. The summed E-state index contributed by atoms with van der Waals surface area (Å²) in [6.07, 6.45) is 3.71. The normalized spacial score (nSPS) is 10.6. The zero-order valence-corrected chi connectivity index (χ0v) is 11.7. The van der Waals surface area contributed by atoms with Gasteiger partial charge in [0, 0.05) is 24.8 Å². The zero-order valence-electron chi connectivity index (χ0n) is 10.2. The predicted molar refractivity (Wildman–Crippen MR) is 71.9 cm³/mol. The minimum absolute atomic E-state index is 0.766. The van der Waals surface area contributed by atoms with Crippen molar-refractivity contribution in [1.82, 2.24) is 14.8 Å². The van der Waals surface area contributed by atoms with Crippen LogP contribution in [-0.4, -0.2) is 14.8 Å². The summed E-state index contributed by atoms with van der Waals surface area (Å²) in [4.78, 5) is 4.25. The monoisotopic (exact) mass is 294 g/mol. The molecule has 1 N–H and O–H groups in total. The first kappa shape index (κ1) is 12.1. The molecule has 0 saturated carbocycles. The first-order valence-corrected chi connectivity index (χ1v) is 6.20. The molecule has 0 aliphatic carbocycles. The number of halogens is 1. The average Bonchev–Trinajstić information content (AvgIpc) is 2.62. The summed E-state index contributed by atoms with van der Waals surface area (Å²) < 4.78 is 2.77. The molecule has 17 heavy (non-hydrogen) atoms. The van der Waals surface area contributed by atoms with Gasteiger partial charge in [0.15, 0.2) is 0 Å². The second kappa shape index (κ2) is 4.87. The van der Waals surface area contributed by atoms with Crippen molar-refractivity contribution in [3.8, 4) is 0 Å². The maximum Gasteiger partial charge on any atom is 0.109 e. The van der Waals surface area contributed by atoms with Gasteiger partial charge in [0.25, 0.3) is 0 Å². The first-order chi connectivity index (χ1) is 8.08. The minimum Gasteiger partial charge on any atom is -0.380 e. The van der Waals surface area contributed by atoms with Gasteiger partial charge in [0.1, 0.15) is 4.60 Å². The molecule has 0 radical (unpaired) electrons. The van der Waals surface area contributed by atoms with E-state index in [2.05, 4.69) is 44.3 Å². The highest BCUT2D eigenvalue weighted by atomic mass is 79.9. The Morgan fingerprint density at radius 1 is 1.35 bits per heavy atom. The molecule has 2 aromatic rings. The number of nitrogens with one attached hydrogen (secondary N) is 1. The predicted octanol–water partition coefficient (Wildman–Crippen LogP) is 2.81. The van der Waals surface area contributed by atoms with Crippen molar-refractivity contribution in [2.75, 3.05) is 5.32 Å². The van der Waals surface area contributed by atoms with Gasteiger partial charge in [-0.3, -0.25) is 4.68 Å². The highest BCUT2D eigenvalue weighted by molar-refractivity contribution is 9.10. The van der Waals surface area contributed by atoms with Crippen molar-refractivity contribution >= 4 is 21.6 Å². The Balaban J connectivity index is 2.07. The van der Waals surface area contributed by atoms with E-state index in [4.69, 9.17) is 0 Å². The number of rotatable bonds is 3. The summed E-state index contributed by atoms with van der Waals surface area (Å²) in [6.45, 7) is 4.86. The standard InChI is InChI=1S/C12H15BrN4/c1-8-4-11(7-15-12(8)13)14-5-10-6-16-17(3)9(10)2/h4,6-7,14H,5H2,1-3H3. The van der Waals surface area contributed by atoms with Crippen LogP contribution >= 0.6 is 15.9 Å². The molecule has 0 saturated heterocycles. The Morgan fingerprint density at radius 2 is 2.12 bits per heavy atom. The average molecular weight is 295 g/mol. The lowest BCUT2D eigenvalue weighted by atomic mass is 10.2. The smallest absolute Gasteiger partial charge is 0.109 e. The van der Waals surface area contributed by atoms with Gasteiger partial charge in [-0.05, 0) is 41.4 Å². The highest BCUT2D eigenvalue weighted by Crippen LogP contribution is 2.17. The minimum atomic E-state index is 0.766. The number of anilines is 1. The molecule has 0 aliphatic rings. The summed E-state index contributed by atoms with van der Waals surface area (Å²) in [5, 5.41) is 7.56. The van der Waals surface area contributed by atoms with Crippen molar-refractivity contribution in [3.05, 3.63) is 39.9 Å². The van der Waals surface area contributed by atoms with Gasteiger partial charge >= 0.3 is 0 Å². The molecule has 2 rings (SSSR count). The van der Waals surface area contributed by atoms with E-state index in [1.165, 1.54) is 11.3 Å². The molecule has 0 atom stereocenters. The summed E-state index contributed by atoms with van der Waals surface area (Å²) in [7, 11) is 1.95. The second-order valence-corrected chi connectivity index (χ2v) is 4.82. The molecule has 0 bridgehead atoms. The van der Waals surface area contributed by atoms with Crippen LogP contribution in [0.1, 0.15) is 16.8 Å². The maximum atomic E-state index is 4.25. The number of aryl methyl sites for hydroxylation is 2.